The van der Waals surface area contributed by atoms with Gasteiger partial charge in [0.05, 0.1) is 28.2 Å². The average Bonchev–Trinajstić information content (AvgIpc) is 2.58. The fourth-order valence-electron chi connectivity index (χ4n) is 2.38. The maximum Gasteiger partial charge on any atom is 0.264 e. The van der Waals surface area contributed by atoms with Crippen molar-refractivity contribution in [1.82, 2.24) is 9.97 Å². The predicted octanol–water partition coefficient (Wildman–Crippen LogP) is 4.36. The molecular weight excluding hydrogens is 397 g/mol. The standard InChI is InChI=1S/C17H15Cl2N3O3S/c1-9-7-12-13(8-10(9)2)21-17(25-3)16(20-12)22-26(23,24)14-6-4-5-11(18)15(14)19/h4-8H,1-3H3,(H,20,22). The molecule has 0 saturated heterocycles. The van der Waals surface area contributed by atoms with Crippen molar-refractivity contribution in [3.05, 3.63) is 51.5 Å². The van der Waals surface area contributed by atoms with Crippen LogP contribution < -0.4 is 9.46 Å². The van der Waals surface area contributed by atoms with Crippen molar-refractivity contribution in [2.45, 2.75) is 18.7 Å². The summed E-state index contributed by atoms with van der Waals surface area (Å²) in [5.41, 5.74) is 3.22. The van der Waals surface area contributed by atoms with Crippen LogP contribution in [0.1, 0.15) is 11.1 Å². The molecule has 26 heavy (non-hydrogen) atoms. The van der Waals surface area contributed by atoms with Gasteiger partial charge in [-0.1, -0.05) is 29.3 Å². The molecule has 0 aliphatic heterocycles. The summed E-state index contributed by atoms with van der Waals surface area (Å²) in [6.07, 6.45) is 0. The molecule has 0 aliphatic carbocycles. The summed E-state index contributed by atoms with van der Waals surface area (Å²) < 4.78 is 33.0. The van der Waals surface area contributed by atoms with Gasteiger partial charge in [0.1, 0.15) is 4.90 Å². The second kappa shape index (κ2) is 6.90. The van der Waals surface area contributed by atoms with Crippen molar-refractivity contribution in [3.8, 4) is 5.88 Å². The molecule has 0 spiro atoms. The molecule has 0 unspecified atom stereocenters. The highest BCUT2D eigenvalue weighted by molar-refractivity contribution is 7.92. The molecule has 2 aromatic carbocycles. The van der Waals surface area contributed by atoms with Gasteiger partial charge in [0.15, 0.2) is 0 Å². The summed E-state index contributed by atoms with van der Waals surface area (Å²) in [5.74, 6) is 0.0294. The Labute approximate surface area is 161 Å². The van der Waals surface area contributed by atoms with E-state index in [0.717, 1.165) is 11.1 Å². The molecule has 3 rings (SSSR count). The maximum atomic E-state index is 12.7. The molecule has 0 bridgehead atoms. The number of sulfonamides is 1. The third kappa shape index (κ3) is 3.42. The fraction of sp³-hybridized carbons (Fsp3) is 0.176. The van der Waals surface area contributed by atoms with E-state index in [4.69, 9.17) is 27.9 Å². The van der Waals surface area contributed by atoms with Gasteiger partial charge in [0.2, 0.25) is 5.82 Å². The van der Waals surface area contributed by atoms with Gasteiger partial charge in [0.25, 0.3) is 15.9 Å². The van der Waals surface area contributed by atoms with Crippen molar-refractivity contribution in [2.24, 2.45) is 0 Å². The van der Waals surface area contributed by atoms with Crippen LogP contribution in [-0.2, 0) is 10.0 Å². The Bertz CT molecular complexity index is 1120. The van der Waals surface area contributed by atoms with E-state index in [1.807, 2.05) is 26.0 Å². The number of nitrogens with one attached hydrogen (secondary N) is 1. The van der Waals surface area contributed by atoms with Gasteiger partial charge in [-0.3, -0.25) is 4.72 Å². The molecule has 0 saturated carbocycles. The van der Waals surface area contributed by atoms with Crippen LogP contribution in [0.5, 0.6) is 5.88 Å². The molecule has 1 aromatic heterocycles. The van der Waals surface area contributed by atoms with E-state index >= 15 is 0 Å². The first-order chi connectivity index (χ1) is 12.2. The number of rotatable bonds is 4. The van der Waals surface area contributed by atoms with Crippen LogP contribution >= 0.6 is 23.2 Å². The van der Waals surface area contributed by atoms with Gasteiger partial charge in [0, 0.05) is 0 Å². The Balaban J connectivity index is 2.12. The van der Waals surface area contributed by atoms with E-state index in [1.165, 1.54) is 25.3 Å². The van der Waals surface area contributed by atoms with Crippen LogP contribution in [0.4, 0.5) is 5.82 Å². The number of aryl methyl sites for hydroxylation is 2. The lowest BCUT2D eigenvalue weighted by Gasteiger charge is -2.13. The molecule has 3 aromatic rings. The molecule has 136 valence electrons. The summed E-state index contributed by atoms with van der Waals surface area (Å²) in [4.78, 5) is 8.54. The van der Waals surface area contributed by atoms with Crippen molar-refractivity contribution >= 4 is 50.1 Å². The number of hydrogen-bond donors (Lipinski definition) is 1. The second-order valence-electron chi connectivity index (χ2n) is 5.66. The Morgan fingerprint density at radius 3 is 2.27 bits per heavy atom. The summed E-state index contributed by atoms with van der Waals surface area (Å²) >= 11 is 11.9. The largest absolute Gasteiger partial charge is 0.478 e. The molecule has 9 heteroatoms. The van der Waals surface area contributed by atoms with Gasteiger partial charge in [-0.05, 0) is 49.2 Å². The molecular formula is C17H15Cl2N3O3S. The fourth-order valence-corrected chi connectivity index (χ4v) is 4.14. The van der Waals surface area contributed by atoms with Crippen molar-refractivity contribution in [1.29, 1.82) is 0 Å². The number of hydrogen-bond acceptors (Lipinski definition) is 5. The number of halogens is 2. The topological polar surface area (TPSA) is 81.2 Å². The van der Waals surface area contributed by atoms with Crippen LogP contribution in [0.25, 0.3) is 11.0 Å². The zero-order valence-electron chi connectivity index (χ0n) is 14.2. The number of ether oxygens (including phenoxy) is 1. The summed E-state index contributed by atoms with van der Waals surface area (Å²) in [7, 11) is -2.64. The highest BCUT2D eigenvalue weighted by atomic mass is 35.5. The number of methoxy groups -OCH3 is 1. The highest BCUT2D eigenvalue weighted by Gasteiger charge is 2.23. The van der Waals surface area contributed by atoms with Crippen LogP contribution in [-0.4, -0.2) is 25.5 Å². The SMILES string of the molecule is COc1nc2cc(C)c(C)cc2nc1NS(=O)(=O)c1cccc(Cl)c1Cl. The molecule has 0 amide bonds. The minimum atomic E-state index is -4.03. The Morgan fingerprint density at radius 1 is 1.04 bits per heavy atom. The van der Waals surface area contributed by atoms with Gasteiger partial charge in [-0.25, -0.2) is 18.4 Å². The third-order valence-electron chi connectivity index (χ3n) is 3.88. The van der Waals surface area contributed by atoms with Gasteiger partial charge in [-0.15, -0.1) is 0 Å². The number of benzene rings is 2. The quantitative estimate of drug-likeness (QED) is 0.689. The zero-order chi connectivity index (χ0) is 19.1. The van der Waals surface area contributed by atoms with E-state index in [1.54, 1.807) is 0 Å². The zero-order valence-corrected chi connectivity index (χ0v) is 16.5. The van der Waals surface area contributed by atoms with E-state index in [-0.39, 0.29) is 26.6 Å². The van der Waals surface area contributed by atoms with Crippen LogP contribution in [0.3, 0.4) is 0 Å². The van der Waals surface area contributed by atoms with Crippen LogP contribution in [0.2, 0.25) is 10.0 Å². The third-order valence-corrected chi connectivity index (χ3v) is 6.19. The smallest absolute Gasteiger partial charge is 0.264 e. The summed E-state index contributed by atoms with van der Waals surface area (Å²) in [6, 6.07) is 8.06. The second-order valence-corrected chi connectivity index (χ2v) is 8.10. The lowest BCUT2D eigenvalue weighted by Crippen LogP contribution is -2.16. The molecule has 1 heterocycles. The van der Waals surface area contributed by atoms with E-state index in [0.29, 0.717) is 11.0 Å². The van der Waals surface area contributed by atoms with Gasteiger partial charge < -0.3 is 4.74 Å². The molecule has 1 N–H and O–H groups in total. The minimum absolute atomic E-state index is 0.0284. The number of fused-ring (bicyclic) bond motifs is 1. The lowest BCUT2D eigenvalue weighted by molar-refractivity contribution is 0.400. The first-order valence-corrected chi connectivity index (χ1v) is 9.76. The van der Waals surface area contributed by atoms with Gasteiger partial charge in [-0.2, -0.15) is 0 Å². The van der Waals surface area contributed by atoms with E-state index in [2.05, 4.69) is 14.7 Å². The van der Waals surface area contributed by atoms with E-state index in [9.17, 15) is 8.42 Å². The first-order valence-electron chi connectivity index (χ1n) is 7.53. The number of nitrogens with zero attached hydrogens (tertiary/aromatic N) is 2. The summed E-state index contributed by atoms with van der Waals surface area (Å²) in [6.45, 7) is 3.90. The van der Waals surface area contributed by atoms with Crippen molar-refractivity contribution in [2.75, 3.05) is 11.8 Å². The molecule has 0 aliphatic rings. The molecule has 0 radical (unpaired) electrons. The monoisotopic (exact) mass is 411 g/mol. The lowest BCUT2D eigenvalue weighted by atomic mass is 10.1. The Hall–Kier alpha value is -2.09. The summed E-state index contributed by atoms with van der Waals surface area (Å²) in [5, 5.41) is 0.0676. The minimum Gasteiger partial charge on any atom is -0.478 e. The number of anilines is 1. The van der Waals surface area contributed by atoms with Crippen molar-refractivity contribution < 1.29 is 13.2 Å². The Kier molecular flexibility index (Phi) is 4.96. The predicted molar refractivity (Wildman–Crippen MR) is 103 cm³/mol. The van der Waals surface area contributed by atoms with Gasteiger partial charge >= 0.3 is 0 Å². The van der Waals surface area contributed by atoms with E-state index < -0.39 is 10.0 Å². The normalized spacial score (nSPS) is 11.6. The Morgan fingerprint density at radius 2 is 1.65 bits per heavy atom. The molecule has 6 nitrogen and oxygen atoms in total. The number of aromatic nitrogens is 2. The van der Waals surface area contributed by atoms with Crippen LogP contribution in [0.15, 0.2) is 35.2 Å². The van der Waals surface area contributed by atoms with Crippen LogP contribution in [0, 0.1) is 13.8 Å². The first kappa shape index (κ1) is 18.7. The average molecular weight is 412 g/mol. The highest BCUT2D eigenvalue weighted by Crippen LogP contribution is 2.32. The molecule has 0 fully saturated rings. The maximum absolute atomic E-state index is 12.7. The van der Waals surface area contributed by atoms with Crippen molar-refractivity contribution in [3.63, 3.8) is 0 Å². The molecule has 0 atom stereocenters.